The van der Waals surface area contributed by atoms with Crippen LogP contribution in [0.25, 0.3) is 0 Å². The summed E-state index contributed by atoms with van der Waals surface area (Å²) in [7, 11) is 0. The second-order valence-corrected chi connectivity index (χ2v) is 5.17. The van der Waals surface area contributed by atoms with E-state index in [0.29, 0.717) is 23.6 Å². The number of rotatable bonds is 5. The van der Waals surface area contributed by atoms with Crippen LogP contribution in [0.1, 0.15) is 27.0 Å². The Bertz CT molecular complexity index is 643. The second kappa shape index (κ2) is 6.73. The van der Waals surface area contributed by atoms with Crippen LogP contribution in [-0.2, 0) is 11.3 Å². The minimum absolute atomic E-state index is 0.334. The van der Waals surface area contributed by atoms with Crippen LogP contribution < -0.4 is 5.32 Å². The number of nitrogens with one attached hydrogen (secondary N) is 1. The minimum atomic E-state index is -0.334. The van der Waals surface area contributed by atoms with Gasteiger partial charge in [0.2, 0.25) is 0 Å². The molecule has 0 unspecified atom stereocenters. The van der Waals surface area contributed by atoms with Crippen LogP contribution in [0.2, 0.25) is 0 Å². The third kappa shape index (κ3) is 3.37. The summed E-state index contributed by atoms with van der Waals surface area (Å²) in [5.41, 5.74) is 1.25. The first kappa shape index (κ1) is 14.1. The topological polar surface area (TPSA) is 62.1 Å². The molecule has 1 heterocycles. The van der Waals surface area contributed by atoms with Gasteiger partial charge >= 0.3 is 5.97 Å². The molecule has 0 radical (unpaired) electrons. The summed E-state index contributed by atoms with van der Waals surface area (Å²) in [6, 6.07) is 13.0. The van der Waals surface area contributed by atoms with Gasteiger partial charge in [0.25, 0.3) is 0 Å². The van der Waals surface area contributed by atoms with E-state index in [1.165, 1.54) is 11.3 Å². The molecule has 1 N–H and O–H groups in total. The van der Waals surface area contributed by atoms with Gasteiger partial charge in [-0.05, 0) is 31.2 Å². The number of esters is 1. The third-order valence-corrected chi connectivity index (χ3v) is 3.64. The van der Waals surface area contributed by atoms with E-state index in [1.807, 2.05) is 18.2 Å². The van der Waals surface area contributed by atoms with E-state index in [1.54, 1.807) is 25.1 Å². The van der Waals surface area contributed by atoms with Crippen molar-refractivity contribution in [3.05, 3.63) is 51.7 Å². The van der Waals surface area contributed by atoms with E-state index in [9.17, 15) is 4.79 Å². The lowest BCUT2D eigenvalue weighted by molar-refractivity contribution is 0.0527. The van der Waals surface area contributed by atoms with Crippen molar-refractivity contribution in [2.45, 2.75) is 13.5 Å². The van der Waals surface area contributed by atoms with E-state index in [0.717, 1.165) is 10.6 Å². The zero-order chi connectivity index (χ0) is 14.4. The number of anilines is 1. The molecule has 0 bridgehead atoms. The van der Waals surface area contributed by atoms with Gasteiger partial charge in [-0.1, -0.05) is 12.1 Å². The lowest BCUT2D eigenvalue weighted by Gasteiger charge is -2.10. The largest absolute Gasteiger partial charge is 0.462 e. The van der Waals surface area contributed by atoms with Gasteiger partial charge in [-0.3, -0.25) is 0 Å². The maximum Gasteiger partial charge on any atom is 0.340 e. The van der Waals surface area contributed by atoms with Crippen molar-refractivity contribution in [2.24, 2.45) is 0 Å². The Morgan fingerprint density at radius 3 is 2.85 bits per heavy atom. The molecule has 0 amide bonds. The molecule has 1 aromatic carbocycles. The normalized spacial score (nSPS) is 9.80. The zero-order valence-corrected chi connectivity index (χ0v) is 11.9. The average molecular weight is 286 g/mol. The van der Waals surface area contributed by atoms with Crippen LogP contribution in [0.4, 0.5) is 5.69 Å². The Morgan fingerprint density at radius 1 is 1.35 bits per heavy atom. The molecule has 20 heavy (non-hydrogen) atoms. The SMILES string of the molecule is CCOC(=O)c1ccccc1NCc1ccc(C#N)s1. The van der Waals surface area contributed by atoms with E-state index in [-0.39, 0.29) is 5.97 Å². The monoisotopic (exact) mass is 286 g/mol. The summed E-state index contributed by atoms with van der Waals surface area (Å²) in [5, 5.41) is 12.0. The van der Waals surface area contributed by atoms with Crippen molar-refractivity contribution in [3.63, 3.8) is 0 Å². The van der Waals surface area contributed by atoms with Crippen molar-refractivity contribution in [2.75, 3.05) is 11.9 Å². The van der Waals surface area contributed by atoms with Crippen molar-refractivity contribution < 1.29 is 9.53 Å². The number of nitriles is 1. The van der Waals surface area contributed by atoms with Crippen molar-refractivity contribution >= 4 is 23.0 Å². The summed E-state index contributed by atoms with van der Waals surface area (Å²) < 4.78 is 5.02. The number of benzene rings is 1. The molecule has 0 aliphatic carbocycles. The highest BCUT2D eigenvalue weighted by Crippen LogP contribution is 2.20. The zero-order valence-electron chi connectivity index (χ0n) is 11.1. The van der Waals surface area contributed by atoms with Crippen LogP contribution in [0.5, 0.6) is 0 Å². The Kier molecular flexibility index (Phi) is 4.75. The van der Waals surface area contributed by atoms with Gasteiger partial charge in [-0.15, -0.1) is 11.3 Å². The minimum Gasteiger partial charge on any atom is -0.462 e. The summed E-state index contributed by atoms with van der Waals surface area (Å²) in [4.78, 5) is 13.5. The van der Waals surface area contributed by atoms with Crippen molar-refractivity contribution in [1.29, 1.82) is 5.26 Å². The Labute approximate surface area is 121 Å². The number of hydrogen-bond donors (Lipinski definition) is 1. The highest BCUT2D eigenvalue weighted by atomic mass is 32.1. The van der Waals surface area contributed by atoms with Gasteiger partial charge in [0.15, 0.2) is 0 Å². The van der Waals surface area contributed by atoms with Gasteiger partial charge in [0.1, 0.15) is 10.9 Å². The molecule has 0 spiro atoms. The van der Waals surface area contributed by atoms with Gasteiger partial charge in [0, 0.05) is 17.1 Å². The number of para-hydroxylation sites is 1. The number of carbonyl (C=O) groups excluding carboxylic acids is 1. The van der Waals surface area contributed by atoms with Gasteiger partial charge in [-0.25, -0.2) is 4.79 Å². The van der Waals surface area contributed by atoms with Gasteiger partial charge in [-0.2, -0.15) is 5.26 Å². The van der Waals surface area contributed by atoms with E-state index >= 15 is 0 Å². The fourth-order valence-electron chi connectivity index (χ4n) is 1.74. The molecule has 1 aromatic heterocycles. The predicted octanol–water partition coefficient (Wildman–Crippen LogP) is 3.41. The lowest BCUT2D eigenvalue weighted by atomic mass is 10.2. The highest BCUT2D eigenvalue weighted by molar-refractivity contribution is 7.12. The van der Waals surface area contributed by atoms with Gasteiger partial charge in [0.05, 0.1) is 12.2 Å². The third-order valence-electron chi connectivity index (χ3n) is 2.65. The molecular weight excluding hydrogens is 272 g/mol. The Morgan fingerprint density at radius 2 is 2.15 bits per heavy atom. The maximum absolute atomic E-state index is 11.8. The number of hydrogen-bond acceptors (Lipinski definition) is 5. The molecule has 2 aromatic rings. The van der Waals surface area contributed by atoms with Crippen LogP contribution in [-0.4, -0.2) is 12.6 Å². The first-order valence-corrected chi connectivity index (χ1v) is 7.05. The molecule has 0 atom stereocenters. The number of ether oxygens (including phenoxy) is 1. The molecule has 4 nitrogen and oxygen atoms in total. The predicted molar refractivity (Wildman–Crippen MR) is 78.8 cm³/mol. The van der Waals surface area contributed by atoms with Crippen molar-refractivity contribution in [1.82, 2.24) is 0 Å². The van der Waals surface area contributed by atoms with Crippen LogP contribution in [0.15, 0.2) is 36.4 Å². The van der Waals surface area contributed by atoms with Crippen molar-refractivity contribution in [3.8, 4) is 6.07 Å². The highest BCUT2D eigenvalue weighted by Gasteiger charge is 2.11. The van der Waals surface area contributed by atoms with E-state index < -0.39 is 0 Å². The molecule has 0 saturated carbocycles. The first-order valence-electron chi connectivity index (χ1n) is 6.23. The average Bonchev–Trinajstić information content (AvgIpc) is 2.93. The summed E-state index contributed by atoms with van der Waals surface area (Å²) in [6.45, 7) is 2.70. The summed E-state index contributed by atoms with van der Waals surface area (Å²) in [6.07, 6.45) is 0. The molecule has 0 aliphatic heterocycles. The Hall–Kier alpha value is -2.32. The van der Waals surface area contributed by atoms with Crippen LogP contribution in [0, 0.1) is 11.3 Å². The fourth-order valence-corrected chi connectivity index (χ4v) is 2.48. The first-order chi connectivity index (χ1) is 9.74. The quantitative estimate of drug-likeness (QED) is 0.856. The summed E-state index contributed by atoms with van der Waals surface area (Å²) in [5.74, 6) is -0.334. The lowest BCUT2D eigenvalue weighted by Crippen LogP contribution is -2.09. The molecule has 5 heteroatoms. The van der Waals surface area contributed by atoms with Gasteiger partial charge < -0.3 is 10.1 Å². The molecule has 0 saturated heterocycles. The Balaban J connectivity index is 2.09. The van der Waals surface area contributed by atoms with E-state index in [2.05, 4.69) is 11.4 Å². The van der Waals surface area contributed by atoms with Crippen LogP contribution in [0.3, 0.4) is 0 Å². The number of nitrogens with zero attached hydrogens (tertiary/aromatic N) is 1. The molecule has 2 rings (SSSR count). The smallest absolute Gasteiger partial charge is 0.340 e. The molecular formula is C15H14N2O2S. The van der Waals surface area contributed by atoms with Crippen LogP contribution >= 0.6 is 11.3 Å². The second-order valence-electron chi connectivity index (χ2n) is 4.00. The number of carbonyl (C=O) groups is 1. The molecule has 0 fully saturated rings. The number of thiophene rings is 1. The molecule has 0 aliphatic rings. The van der Waals surface area contributed by atoms with E-state index in [4.69, 9.17) is 10.00 Å². The molecule has 102 valence electrons. The maximum atomic E-state index is 11.8. The summed E-state index contributed by atoms with van der Waals surface area (Å²) >= 11 is 1.44. The fraction of sp³-hybridized carbons (Fsp3) is 0.200. The standard InChI is InChI=1S/C15H14N2O2S/c1-2-19-15(18)13-5-3-4-6-14(13)17-10-12-8-7-11(9-16)20-12/h3-8,17H,2,10H2,1H3.